The van der Waals surface area contributed by atoms with Gasteiger partial charge in [0, 0.05) is 13.2 Å². The maximum absolute atomic E-state index is 9.54. The minimum Gasteiger partial charge on any atom is -0.390 e. The summed E-state index contributed by atoms with van der Waals surface area (Å²) in [6.07, 6.45) is 1.89. The molecule has 0 aromatic carbocycles. The number of hydrogen-bond acceptors (Lipinski definition) is 5. The van der Waals surface area contributed by atoms with Crippen molar-refractivity contribution >= 4 is 17.4 Å². The van der Waals surface area contributed by atoms with Gasteiger partial charge in [-0.15, -0.1) is 10.2 Å². The van der Waals surface area contributed by atoms with E-state index in [4.69, 9.17) is 0 Å². The van der Waals surface area contributed by atoms with Crippen LogP contribution in [0.25, 0.3) is 5.65 Å². The molecule has 3 aromatic heterocycles. The number of aryl methyl sites for hydroxylation is 1. The molecule has 98 valence electrons. The van der Waals surface area contributed by atoms with E-state index in [9.17, 15) is 5.11 Å². The third-order valence-corrected chi connectivity index (χ3v) is 4.04. The van der Waals surface area contributed by atoms with Crippen LogP contribution in [0.15, 0.2) is 34.6 Å². The summed E-state index contributed by atoms with van der Waals surface area (Å²) in [6.45, 7) is 1.83. The van der Waals surface area contributed by atoms with Gasteiger partial charge in [0.05, 0.1) is 12.3 Å². The minimum absolute atomic E-state index is 0.0651. The first-order valence-electron chi connectivity index (χ1n) is 5.81. The van der Waals surface area contributed by atoms with E-state index in [1.165, 1.54) is 11.8 Å². The Balaban J connectivity index is 2.07. The number of imidazole rings is 1. The molecule has 3 heterocycles. The highest BCUT2D eigenvalue weighted by Crippen LogP contribution is 2.29. The molecule has 19 heavy (non-hydrogen) atoms. The van der Waals surface area contributed by atoms with Crippen molar-refractivity contribution in [2.24, 2.45) is 7.05 Å². The van der Waals surface area contributed by atoms with Crippen LogP contribution in [0, 0.1) is 6.92 Å². The Labute approximate surface area is 114 Å². The predicted molar refractivity (Wildman–Crippen MR) is 71.0 cm³/mol. The molecule has 0 spiro atoms. The average Bonchev–Trinajstić information content (AvgIpc) is 2.93. The average molecular weight is 275 g/mol. The van der Waals surface area contributed by atoms with Gasteiger partial charge in [0.1, 0.15) is 16.5 Å². The first kappa shape index (κ1) is 12.2. The number of aliphatic hydroxyl groups excluding tert-OH is 1. The second-order valence-corrected chi connectivity index (χ2v) is 5.10. The molecule has 0 bridgehead atoms. The second kappa shape index (κ2) is 4.67. The molecule has 7 heteroatoms. The molecule has 3 aromatic rings. The topological polar surface area (TPSA) is 68.2 Å². The molecule has 0 saturated carbocycles. The molecule has 0 unspecified atom stereocenters. The summed E-state index contributed by atoms with van der Waals surface area (Å²) in [7, 11) is 1.91. The van der Waals surface area contributed by atoms with Crippen LogP contribution in [0.5, 0.6) is 0 Å². The molecule has 1 N–H and O–H groups in total. The van der Waals surface area contributed by atoms with E-state index >= 15 is 0 Å². The van der Waals surface area contributed by atoms with Gasteiger partial charge in [-0.1, -0.05) is 6.07 Å². The second-order valence-electron chi connectivity index (χ2n) is 4.14. The van der Waals surface area contributed by atoms with Crippen LogP contribution in [-0.2, 0) is 13.7 Å². The quantitative estimate of drug-likeness (QED) is 0.783. The summed E-state index contributed by atoms with van der Waals surface area (Å²) in [5.74, 6) is 0.844. The maximum Gasteiger partial charge on any atom is 0.197 e. The fourth-order valence-electron chi connectivity index (χ4n) is 1.81. The van der Waals surface area contributed by atoms with Crippen LogP contribution in [0.4, 0.5) is 0 Å². The van der Waals surface area contributed by atoms with Crippen molar-refractivity contribution in [1.29, 1.82) is 0 Å². The van der Waals surface area contributed by atoms with Gasteiger partial charge < -0.3 is 14.1 Å². The molecule has 0 aliphatic rings. The summed E-state index contributed by atoms with van der Waals surface area (Å²) in [5.41, 5.74) is 1.58. The van der Waals surface area contributed by atoms with Crippen LogP contribution in [-0.4, -0.2) is 29.3 Å². The molecule has 0 aliphatic carbocycles. The van der Waals surface area contributed by atoms with Crippen LogP contribution in [0.2, 0.25) is 0 Å². The number of hydrogen-bond donors (Lipinski definition) is 1. The molecular weight excluding hydrogens is 262 g/mol. The van der Waals surface area contributed by atoms with E-state index in [1.54, 1.807) is 0 Å². The zero-order valence-corrected chi connectivity index (χ0v) is 11.4. The van der Waals surface area contributed by atoms with Gasteiger partial charge in [0.15, 0.2) is 5.16 Å². The Morgan fingerprint density at radius 3 is 2.84 bits per heavy atom. The van der Waals surface area contributed by atoms with Crippen molar-refractivity contribution in [1.82, 2.24) is 24.1 Å². The molecular formula is C12H13N5OS. The van der Waals surface area contributed by atoms with E-state index < -0.39 is 0 Å². The van der Waals surface area contributed by atoms with Gasteiger partial charge in [0.2, 0.25) is 0 Å². The summed E-state index contributed by atoms with van der Waals surface area (Å²) in [6, 6.07) is 5.74. The largest absolute Gasteiger partial charge is 0.390 e. The smallest absolute Gasteiger partial charge is 0.197 e. The maximum atomic E-state index is 9.54. The zero-order chi connectivity index (χ0) is 13.4. The van der Waals surface area contributed by atoms with Gasteiger partial charge in [-0.2, -0.15) is 0 Å². The van der Waals surface area contributed by atoms with E-state index in [0.717, 1.165) is 27.3 Å². The lowest BCUT2D eigenvalue weighted by atomic mass is 10.4. The van der Waals surface area contributed by atoms with Gasteiger partial charge >= 0.3 is 0 Å². The first-order valence-corrected chi connectivity index (χ1v) is 6.63. The highest BCUT2D eigenvalue weighted by Gasteiger charge is 2.15. The third-order valence-electron chi connectivity index (χ3n) is 2.98. The van der Waals surface area contributed by atoms with Crippen molar-refractivity contribution in [2.45, 2.75) is 23.7 Å². The van der Waals surface area contributed by atoms with E-state index in [-0.39, 0.29) is 6.61 Å². The summed E-state index contributed by atoms with van der Waals surface area (Å²) in [4.78, 5) is 4.51. The summed E-state index contributed by atoms with van der Waals surface area (Å²) in [5, 5.41) is 19.2. The number of nitrogens with zero attached hydrogens (tertiary/aromatic N) is 5. The number of fused-ring (bicyclic) bond motifs is 1. The normalized spacial score (nSPS) is 11.3. The fourth-order valence-corrected chi connectivity index (χ4v) is 2.76. The molecule has 0 aliphatic heterocycles. The predicted octanol–water partition coefficient (Wildman–Crippen LogP) is 1.41. The molecule has 0 fully saturated rings. The minimum atomic E-state index is -0.0651. The van der Waals surface area contributed by atoms with Gasteiger partial charge in [-0.05, 0) is 30.8 Å². The lowest BCUT2D eigenvalue weighted by Crippen LogP contribution is -1.95. The van der Waals surface area contributed by atoms with E-state index in [1.807, 2.05) is 47.3 Å². The van der Waals surface area contributed by atoms with Gasteiger partial charge in [-0.3, -0.25) is 0 Å². The first-order chi connectivity index (χ1) is 9.20. The Hall–Kier alpha value is -1.86. The number of aliphatic hydroxyl groups is 1. The van der Waals surface area contributed by atoms with Gasteiger partial charge in [-0.25, -0.2) is 4.98 Å². The van der Waals surface area contributed by atoms with Crippen molar-refractivity contribution in [3.63, 3.8) is 0 Å². The molecule has 6 nitrogen and oxygen atoms in total. The summed E-state index contributed by atoms with van der Waals surface area (Å²) >= 11 is 1.41. The molecule has 0 radical (unpaired) electrons. The van der Waals surface area contributed by atoms with Crippen molar-refractivity contribution in [2.75, 3.05) is 0 Å². The van der Waals surface area contributed by atoms with Gasteiger partial charge in [0.25, 0.3) is 0 Å². The Bertz CT molecular complexity index is 733. The summed E-state index contributed by atoms with van der Waals surface area (Å²) < 4.78 is 3.78. The van der Waals surface area contributed by atoms with Crippen LogP contribution >= 0.6 is 11.8 Å². The van der Waals surface area contributed by atoms with Crippen LogP contribution in [0.3, 0.4) is 0 Å². The Morgan fingerprint density at radius 2 is 2.16 bits per heavy atom. The van der Waals surface area contributed by atoms with E-state index in [0.29, 0.717) is 0 Å². The Morgan fingerprint density at radius 1 is 1.32 bits per heavy atom. The highest BCUT2D eigenvalue weighted by molar-refractivity contribution is 7.99. The Kier molecular flexibility index (Phi) is 3.00. The van der Waals surface area contributed by atoms with Crippen molar-refractivity contribution in [3.8, 4) is 0 Å². The third kappa shape index (κ3) is 2.00. The lowest BCUT2D eigenvalue weighted by Gasteiger charge is -2.01. The zero-order valence-electron chi connectivity index (χ0n) is 10.6. The number of aromatic nitrogens is 5. The van der Waals surface area contributed by atoms with E-state index in [2.05, 4.69) is 15.2 Å². The lowest BCUT2D eigenvalue weighted by molar-refractivity contribution is 0.272. The molecule has 0 atom stereocenters. The monoisotopic (exact) mass is 275 g/mol. The fraction of sp³-hybridized carbons (Fsp3) is 0.250. The van der Waals surface area contributed by atoms with Crippen LogP contribution < -0.4 is 0 Å². The van der Waals surface area contributed by atoms with Crippen molar-refractivity contribution < 1.29 is 5.11 Å². The SMILES string of the molecule is Cc1nnc(Sc2nc3ccccn3c2CO)n1C. The highest BCUT2D eigenvalue weighted by atomic mass is 32.2. The standard InChI is InChI=1S/C12H13N5OS/c1-8-14-15-12(16(8)2)19-11-9(7-18)17-6-4-3-5-10(17)13-11/h3-6,18H,7H2,1-2H3. The molecule has 0 saturated heterocycles. The number of pyridine rings is 1. The van der Waals surface area contributed by atoms with Crippen molar-refractivity contribution in [3.05, 3.63) is 35.9 Å². The van der Waals surface area contributed by atoms with Crippen LogP contribution in [0.1, 0.15) is 11.5 Å². The number of rotatable bonds is 3. The molecule has 3 rings (SSSR count). The molecule has 0 amide bonds.